The number of aliphatic hydroxyl groups is 1. The second kappa shape index (κ2) is 5.12. The Morgan fingerprint density at radius 2 is 2.13 bits per heavy atom. The Morgan fingerprint density at radius 1 is 1.47 bits per heavy atom. The fourth-order valence-electron chi connectivity index (χ4n) is 1.84. The highest BCUT2D eigenvalue weighted by Gasteiger charge is 2.14. The van der Waals surface area contributed by atoms with Gasteiger partial charge in [0.2, 0.25) is 0 Å². The lowest BCUT2D eigenvalue weighted by Gasteiger charge is -2.15. The molecule has 84 valence electrons. The van der Waals surface area contributed by atoms with E-state index in [1.165, 1.54) is 6.07 Å². The third-order valence-electron chi connectivity index (χ3n) is 2.60. The van der Waals surface area contributed by atoms with E-state index in [0.29, 0.717) is 17.7 Å². The van der Waals surface area contributed by atoms with Crippen LogP contribution in [0.5, 0.6) is 5.75 Å². The normalized spacial score (nSPS) is 10.5. The Labute approximate surface area is 89.7 Å². The quantitative estimate of drug-likeness (QED) is 0.829. The van der Waals surface area contributed by atoms with Gasteiger partial charge >= 0.3 is 0 Å². The van der Waals surface area contributed by atoms with Gasteiger partial charge in [-0.2, -0.15) is 0 Å². The van der Waals surface area contributed by atoms with Crippen molar-refractivity contribution in [1.82, 2.24) is 0 Å². The molecule has 1 aromatic rings. The second-order valence-corrected chi connectivity index (χ2v) is 3.48. The molecule has 1 aromatic carbocycles. The Balaban J connectivity index is 3.33. The van der Waals surface area contributed by atoms with Crippen molar-refractivity contribution in [2.24, 2.45) is 0 Å². The summed E-state index contributed by atoms with van der Waals surface area (Å²) in [6.45, 7) is 3.73. The molecule has 0 amide bonds. The Morgan fingerprint density at radius 3 is 2.60 bits per heavy atom. The van der Waals surface area contributed by atoms with Gasteiger partial charge in [-0.3, -0.25) is 0 Å². The van der Waals surface area contributed by atoms with Gasteiger partial charge in [-0.25, -0.2) is 4.39 Å². The minimum atomic E-state index is -0.271. The summed E-state index contributed by atoms with van der Waals surface area (Å²) in [4.78, 5) is 0. The summed E-state index contributed by atoms with van der Waals surface area (Å²) in [5.74, 6) is 0.341. The van der Waals surface area contributed by atoms with Crippen LogP contribution in [0.25, 0.3) is 0 Å². The van der Waals surface area contributed by atoms with E-state index in [4.69, 9.17) is 9.84 Å². The average molecular weight is 212 g/mol. The molecular formula is C12H17FO2. The number of ether oxygens (including phenoxy) is 1. The molecule has 3 heteroatoms. The monoisotopic (exact) mass is 212 g/mol. The number of hydrogen-bond acceptors (Lipinski definition) is 2. The van der Waals surface area contributed by atoms with Crippen molar-refractivity contribution in [2.45, 2.75) is 26.7 Å². The van der Waals surface area contributed by atoms with Crippen LogP contribution in [0.1, 0.15) is 23.6 Å². The third-order valence-corrected chi connectivity index (χ3v) is 2.60. The highest BCUT2D eigenvalue weighted by Crippen LogP contribution is 2.29. The first-order valence-corrected chi connectivity index (χ1v) is 5.11. The Kier molecular flexibility index (Phi) is 4.09. The maximum absolute atomic E-state index is 13.5. The van der Waals surface area contributed by atoms with E-state index < -0.39 is 0 Å². The van der Waals surface area contributed by atoms with Crippen LogP contribution in [0.15, 0.2) is 6.07 Å². The van der Waals surface area contributed by atoms with Crippen molar-refractivity contribution in [3.05, 3.63) is 28.6 Å². The van der Waals surface area contributed by atoms with Crippen molar-refractivity contribution in [3.8, 4) is 5.75 Å². The number of aliphatic hydroxyl groups excluding tert-OH is 1. The fraction of sp³-hybridized carbons (Fsp3) is 0.500. The molecule has 0 aliphatic carbocycles. The summed E-state index contributed by atoms with van der Waals surface area (Å²) < 4.78 is 18.7. The zero-order chi connectivity index (χ0) is 11.4. The van der Waals surface area contributed by atoms with Gasteiger partial charge in [0.05, 0.1) is 7.11 Å². The molecule has 0 unspecified atom stereocenters. The summed E-state index contributed by atoms with van der Waals surface area (Å²) in [5.41, 5.74) is 2.36. The van der Waals surface area contributed by atoms with Crippen molar-refractivity contribution < 1.29 is 14.2 Å². The lowest BCUT2D eigenvalue weighted by atomic mass is 9.98. The van der Waals surface area contributed by atoms with Crippen LogP contribution >= 0.6 is 0 Å². The lowest BCUT2D eigenvalue weighted by molar-refractivity contribution is 0.298. The predicted molar refractivity (Wildman–Crippen MR) is 57.9 cm³/mol. The topological polar surface area (TPSA) is 29.5 Å². The highest BCUT2D eigenvalue weighted by atomic mass is 19.1. The van der Waals surface area contributed by atoms with Gasteiger partial charge in [-0.05, 0) is 37.0 Å². The van der Waals surface area contributed by atoms with Gasteiger partial charge in [0.25, 0.3) is 0 Å². The summed E-state index contributed by atoms with van der Waals surface area (Å²) in [5, 5.41) is 8.90. The van der Waals surface area contributed by atoms with Crippen LogP contribution in [0.2, 0.25) is 0 Å². The molecule has 0 heterocycles. The largest absolute Gasteiger partial charge is 0.496 e. The van der Waals surface area contributed by atoms with Crippen LogP contribution in [0.3, 0.4) is 0 Å². The van der Waals surface area contributed by atoms with Crippen LogP contribution < -0.4 is 4.74 Å². The molecule has 0 fully saturated rings. The third kappa shape index (κ3) is 2.29. The van der Waals surface area contributed by atoms with E-state index in [0.717, 1.165) is 17.5 Å². The first-order chi connectivity index (χ1) is 7.15. The van der Waals surface area contributed by atoms with E-state index in [2.05, 4.69) is 0 Å². The maximum Gasteiger partial charge on any atom is 0.130 e. The lowest BCUT2D eigenvalue weighted by Crippen LogP contribution is -2.04. The van der Waals surface area contributed by atoms with Crippen molar-refractivity contribution in [2.75, 3.05) is 13.7 Å². The predicted octanol–water partition coefficient (Wildman–Crippen LogP) is 2.24. The van der Waals surface area contributed by atoms with Gasteiger partial charge in [-0.1, -0.05) is 6.92 Å². The minimum Gasteiger partial charge on any atom is -0.496 e. The van der Waals surface area contributed by atoms with Crippen molar-refractivity contribution >= 4 is 0 Å². The number of methoxy groups -OCH3 is 1. The average Bonchev–Trinajstić information content (AvgIpc) is 2.23. The van der Waals surface area contributed by atoms with E-state index in [1.54, 1.807) is 14.0 Å². The van der Waals surface area contributed by atoms with Gasteiger partial charge in [0, 0.05) is 12.2 Å². The van der Waals surface area contributed by atoms with Crippen LogP contribution in [-0.4, -0.2) is 18.8 Å². The van der Waals surface area contributed by atoms with Gasteiger partial charge in [0.15, 0.2) is 0 Å². The second-order valence-electron chi connectivity index (χ2n) is 3.48. The fourth-order valence-corrected chi connectivity index (χ4v) is 1.84. The van der Waals surface area contributed by atoms with E-state index in [-0.39, 0.29) is 12.4 Å². The molecular weight excluding hydrogens is 195 g/mol. The summed E-state index contributed by atoms with van der Waals surface area (Å²) in [6.07, 6.45) is 1.25. The summed E-state index contributed by atoms with van der Waals surface area (Å²) in [7, 11) is 1.55. The SMILES string of the molecule is CCc1c(CCO)cc(F)c(C)c1OC. The zero-order valence-electron chi connectivity index (χ0n) is 9.43. The van der Waals surface area contributed by atoms with E-state index >= 15 is 0 Å². The molecule has 0 radical (unpaired) electrons. The molecule has 0 saturated carbocycles. The maximum atomic E-state index is 13.5. The molecule has 1 rings (SSSR count). The highest BCUT2D eigenvalue weighted by molar-refractivity contribution is 5.47. The molecule has 0 saturated heterocycles. The molecule has 1 N–H and O–H groups in total. The molecule has 2 nitrogen and oxygen atoms in total. The molecule has 0 spiro atoms. The van der Waals surface area contributed by atoms with Crippen LogP contribution in [0.4, 0.5) is 4.39 Å². The first kappa shape index (κ1) is 12.0. The molecule has 15 heavy (non-hydrogen) atoms. The first-order valence-electron chi connectivity index (χ1n) is 5.11. The number of hydrogen-bond donors (Lipinski definition) is 1. The number of halogens is 1. The van der Waals surface area contributed by atoms with Gasteiger partial charge in [-0.15, -0.1) is 0 Å². The minimum absolute atomic E-state index is 0.0264. The van der Waals surface area contributed by atoms with Crippen molar-refractivity contribution in [1.29, 1.82) is 0 Å². The van der Waals surface area contributed by atoms with Gasteiger partial charge in [0.1, 0.15) is 11.6 Å². The van der Waals surface area contributed by atoms with E-state index in [9.17, 15) is 4.39 Å². The van der Waals surface area contributed by atoms with Crippen LogP contribution in [0, 0.1) is 12.7 Å². The molecule has 0 aliphatic heterocycles. The summed E-state index contributed by atoms with van der Waals surface area (Å²) in [6, 6.07) is 1.49. The van der Waals surface area contributed by atoms with E-state index in [1.807, 2.05) is 6.92 Å². The molecule has 0 bridgehead atoms. The van der Waals surface area contributed by atoms with Gasteiger partial charge < -0.3 is 9.84 Å². The molecule has 0 aromatic heterocycles. The van der Waals surface area contributed by atoms with Crippen molar-refractivity contribution in [3.63, 3.8) is 0 Å². The Bertz CT molecular complexity index is 348. The molecule has 0 atom stereocenters. The zero-order valence-corrected chi connectivity index (χ0v) is 9.43. The Hall–Kier alpha value is -1.09. The smallest absolute Gasteiger partial charge is 0.130 e. The number of rotatable bonds is 4. The molecule has 0 aliphatic rings. The standard InChI is InChI=1S/C12H17FO2/c1-4-10-9(5-6-14)7-11(13)8(2)12(10)15-3/h7,14H,4-6H2,1-3H3. The number of benzene rings is 1. The summed E-state index contributed by atoms with van der Waals surface area (Å²) >= 11 is 0. The van der Waals surface area contributed by atoms with Crippen LogP contribution in [-0.2, 0) is 12.8 Å².